The summed E-state index contributed by atoms with van der Waals surface area (Å²) < 4.78 is 103. The Balaban J connectivity index is 1.48. The summed E-state index contributed by atoms with van der Waals surface area (Å²) in [5.41, 5.74) is -2.16. The van der Waals surface area contributed by atoms with Crippen molar-refractivity contribution in [1.29, 1.82) is 0 Å². The van der Waals surface area contributed by atoms with Gasteiger partial charge in [-0.3, -0.25) is 9.59 Å². The maximum absolute atomic E-state index is 15.3. The van der Waals surface area contributed by atoms with E-state index in [2.05, 4.69) is 35.7 Å². The number of amides is 2. The van der Waals surface area contributed by atoms with Gasteiger partial charge in [0.2, 0.25) is 11.8 Å². The van der Waals surface area contributed by atoms with Crippen LogP contribution < -0.4 is 10.6 Å². The lowest BCUT2D eigenvalue weighted by Gasteiger charge is -2.33. The Morgan fingerprint density at radius 1 is 1.18 bits per heavy atom. The van der Waals surface area contributed by atoms with E-state index in [1.54, 1.807) is 6.92 Å². The van der Waals surface area contributed by atoms with Crippen molar-refractivity contribution in [2.24, 2.45) is 5.92 Å². The van der Waals surface area contributed by atoms with Crippen LogP contribution in [0.3, 0.4) is 0 Å². The molecule has 2 N–H and O–H groups in total. The summed E-state index contributed by atoms with van der Waals surface area (Å²) in [6.07, 6.45) is -5.38. The molecule has 10 nitrogen and oxygen atoms in total. The number of hydrogen-bond donors (Lipinski definition) is 2. The van der Waals surface area contributed by atoms with Gasteiger partial charge in [-0.15, -0.1) is 11.8 Å². The number of carbonyl (C=O) groups excluding carboxylic acids is 2. The van der Waals surface area contributed by atoms with Gasteiger partial charge in [0.15, 0.2) is 11.3 Å². The van der Waals surface area contributed by atoms with Crippen LogP contribution in [0.4, 0.5) is 30.7 Å². The van der Waals surface area contributed by atoms with Crippen LogP contribution in [-0.2, 0) is 10.3 Å². The molecule has 3 aromatic heterocycles. The van der Waals surface area contributed by atoms with Gasteiger partial charge in [0.25, 0.3) is 11.8 Å². The van der Waals surface area contributed by atoms with E-state index in [1.165, 1.54) is 23.7 Å². The number of imidazole rings is 1. The number of halogens is 7. The first-order valence-corrected chi connectivity index (χ1v) is 14.8. The van der Waals surface area contributed by atoms with E-state index in [0.29, 0.717) is 0 Å². The van der Waals surface area contributed by atoms with Crippen molar-refractivity contribution in [3.8, 4) is 0 Å². The van der Waals surface area contributed by atoms with Crippen molar-refractivity contribution in [2.45, 2.75) is 87.2 Å². The van der Waals surface area contributed by atoms with E-state index < -0.39 is 78.3 Å². The molecule has 3 atom stereocenters. The fourth-order valence-corrected chi connectivity index (χ4v) is 6.87. The van der Waals surface area contributed by atoms with Crippen molar-refractivity contribution in [3.63, 3.8) is 0 Å². The Morgan fingerprint density at radius 2 is 1.89 bits per heavy atom. The fourth-order valence-electron chi connectivity index (χ4n) is 5.61. The van der Waals surface area contributed by atoms with Gasteiger partial charge in [-0.05, 0) is 42.7 Å². The van der Waals surface area contributed by atoms with Crippen LogP contribution in [0, 0.1) is 12.8 Å². The van der Waals surface area contributed by atoms with Crippen molar-refractivity contribution in [2.75, 3.05) is 5.75 Å². The molecule has 44 heavy (non-hydrogen) atoms. The minimum atomic E-state index is -4.65. The van der Waals surface area contributed by atoms with E-state index in [0.717, 1.165) is 18.0 Å². The topological polar surface area (TPSA) is 127 Å². The summed E-state index contributed by atoms with van der Waals surface area (Å²) in [5.74, 6) is -8.47. The smallest absolute Gasteiger partial charge is 0.342 e. The normalized spacial score (nSPS) is 23.8. The van der Waals surface area contributed by atoms with Crippen molar-refractivity contribution >= 4 is 29.2 Å². The largest absolute Gasteiger partial charge is 0.389 e. The van der Waals surface area contributed by atoms with Crippen LogP contribution in [-0.4, -0.2) is 65.7 Å². The number of nitrogens with one attached hydrogen (secondary N) is 2. The molecule has 2 aliphatic carbocycles. The third-order valence-corrected chi connectivity index (χ3v) is 9.29. The number of carbonyl (C=O) groups is 2. The Morgan fingerprint density at radius 3 is 2.50 bits per heavy atom. The molecule has 0 spiro atoms. The molecule has 2 amide bonds. The van der Waals surface area contributed by atoms with E-state index in [4.69, 9.17) is 0 Å². The number of rotatable bonds is 10. The predicted molar refractivity (Wildman–Crippen MR) is 141 cm³/mol. The second-order valence-electron chi connectivity index (χ2n) is 11.0. The molecular weight excluding hydrogens is 623 g/mol. The van der Waals surface area contributed by atoms with E-state index in [1.807, 2.05) is 0 Å². The van der Waals surface area contributed by atoms with Gasteiger partial charge in [0, 0.05) is 24.8 Å². The Kier molecular flexibility index (Phi) is 8.35. The molecule has 18 heteroatoms. The predicted octanol–water partition coefficient (Wildman–Crippen LogP) is 5.14. The maximum atomic E-state index is 15.3. The summed E-state index contributed by atoms with van der Waals surface area (Å²) in [6.45, 7) is 3.12. The number of aryl methyl sites for hydroxylation is 1. The highest BCUT2D eigenvalue weighted by Crippen LogP contribution is 2.65. The number of alkyl halides is 7. The highest BCUT2D eigenvalue weighted by atomic mass is 32.2. The Labute approximate surface area is 249 Å². The number of aromatic nitrogens is 5. The molecule has 2 unspecified atom stereocenters. The Bertz CT molecular complexity index is 1540. The highest BCUT2D eigenvalue weighted by molar-refractivity contribution is 8.00. The van der Waals surface area contributed by atoms with Crippen LogP contribution >= 0.6 is 11.8 Å². The second kappa shape index (κ2) is 11.5. The Hall–Kier alpha value is -3.44. The van der Waals surface area contributed by atoms with Crippen LogP contribution in [0.1, 0.15) is 78.9 Å². The van der Waals surface area contributed by atoms with E-state index in [9.17, 15) is 31.5 Å². The maximum Gasteiger partial charge on any atom is 0.389 e. The van der Waals surface area contributed by atoms with Gasteiger partial charge in [0.1, 0.15) is 16.5 Å². The van der Waals surface area contributed by atoms with Crippen LogP contribution in [0.5, 0.6) is 0 Å². The third kappa shape index (κ3) is 6.08. The summed E-state index contributed by atoms with van der Waals surface area (Å²) in [5, 5.41) is 14.8. The lowest BCUT2D eigenvalue weighted by atomic mass is 9.81. The first-order valence-electron chi connectivity index (χ1n) is 13.8. The summed E-state index contributed by atoms with van der Waals surface area (Å²) in [4.78, 5) is 29.9. The molecule has 0 radical (unpaired) electrons. The zero-order valence-electron chi connectivity index (χ0n) is 23.4. The molecule has 240 valence electrons. The number of hydrogen-bond acceptors (Lipinski definition) is 8. The quantitative estimate of drug-likeness (QED) is 0.289. The standard InChI is InChI=1S/C26H28F7N7O3S/c1-3-44-22-25(26(22,32)33,37-18(41)6-9-24(29,30)31)15-10-17-35-16(12-40(17)34-11-15)20(14-4-7-23(27,28)8-5-14)36-21(42)19-13(2)38-43-39-19/h10-12,14,20,22H,3-9H2,1-2H3,(H,36,42)(H,37,41)/t20-,22?,25?/m0/s1. The second-order valence-corrected chi connectivity index (χ2v) is 12.4. The number of nitrogens with zero attached hydrogens (tertiary/aromatic N) is 5. The van der Waals surface area contributed by atoms with Gasteiger partial charge in [-0.2, -0.15) is 18.3 Å². The molecule has 2 fully saturated rings. The molecule has 3 heterocycles. The highest BCUT2D eigenvalue weighted by Gasteiger charge is 2.83. The van der Waals surface area contributed by atoms with Gasteiger partial charge in [0.05, 0.1) is 30.6 Å². The SMILES string of the molecule is CCSC1C(F)(F)C1(NC(=O)CCC(F)(F)F)c1cnn2cc([C@@H](NC(=O)c3nonc3C)C3CCC(F)(F)CC3)nc2c1. The lowest BCUT2D eigenvalue weighted by molar-refractivity contribution is -0.144. The molecule has 5 rings (SSSR count). The first kappa shape index (κ1) is 32.0. The molecule has 0 bridgehead atoms. The van der Waals surface area contributed by atoms with Crippen molar-refractivity contribution in [1.82, 2.24) is 35.5 Å². The molecule has 0 aromatic carbocycles. The zero-order chi connectivity index (χ0) is 32.1. The minimum Gasteiger partial charge on any atom is -0.342 e. The minimum absolute atomic E-state index is 0.0315. The van der Waals surface area contributed by atoms with Gasteiger partial charge in [-0.1, -0.05) is 12.1 Å². The molecule has 3 aromatic rings. The van der Waals surface area contributed by atoms with Crippen LogP contribution in [0.2, 0.25) is 0 Å². The lowest BCUT2D eigenvalue weighted by Crippen LogP contribution is -2.41. The fraction of sp³-hybridized carbons (Fsp3) is 0.615. The van der Waals surface area contributed by atoms with Gasteiger partial charge < -0.3 is 10.6 Å². The van der Waals surface area contributed by atoms with E-state index in [-0.39, 0.29) is 46.9 Å². The number of fused-ring (bicyclic) bond motifs is 1. The average molecular weight is 652 g/mol. The third-order valence-electron chi connectivity index (χ3n) is 7.97. The van der Waals surface area contributed by atoms with Crippen LogP contribution in [0.25, 0.3) is 5.65 Å². The van der Waals surface area contributed by atoms with Crippen LogP contribution in [0.15, 0.2) is 23.1 Å². The van der Waals surface area contributed by atoms with E-state index >= 15 is 8.78 Å². The van der Waals surface area contributed by atoms with Gasteiger partial charge >= 0.3 is 6.18 Å². The average Bonchev–Trinajstić information content (AvgIpc) is 3.35. The summed E-state index contributed by atoms with van der Waals surface area (Å²) in [6, 6.07) is 0.339. The zero-order valence-corrected chi connectivity index (χ0v) is 24.2. The van der Waals surface area contributed by atoms with Crippen molar-refractivity contribution < 1.29 is 45.0 Å². The summed E-state index contributed by atoms with van der Waals surface area (Å²) in [7, 11) is 0. The van der Waals surface area contributed by atoms with Gasteiger partial charge in [-0.25, -0.2) is 31.7 Å². The molecule has 0 saturated heterocycles. The monoisotopic (exact) mass is 651 g/mol. The molecule has 2 aliphatic rings. The first-order chi connectivity index (χ1) is 20.6. The number of thioether (sulfide) groups is 1. The molecule has 0 aliphatic heterocycles. The molecular formula is C26H28F7N7O3S. The van der Waals surface area contributed by atoms with Crippen molar-refractivity contribution in [3.05, 3.63) is 41.1 Å². The molecule has 2 saturated carbocycles. The summed E-state index contributed by atoms with van der Waals surface area (Å²) >= 11 is 0.843.